The third-order valence-electron chi connectivity index (χ3n) is 3.51. The molecule has 2 aromatic rings. The zero-order valence-corrected chi connectivity index (χ0v) is 15.1. The molecule has 0 radical (unpaired) electrons. The number of hydrogen-bond acceptors (Lipinski definition) is 3. The van der Waals surface area contributed by atoms with Gasteiger partial charge in [0.15, 0.2) is 0 Å². The molecule has 1 N–H and O–H groups in total. The Balaban J connectivity index is 2.05. The van der Waals surface area contributed by atoms with Crippen LogP contribution in [0, 0.1) is 0 Å². The van der Waals surface area contributed by atoms with Crippen molar-refractivity contribution in [3.8, 4) is 5.75 Å². The van der Waals surface area contributed by atoms with E-state index in [9.17, 15) is 0 Å². The maximum atomic E-state index is 5.94. The molecule has 20 heavy (non-hydrogen) atoms. The summed E-state index contributed by atoms with van der Waals surface area (Å²) < 4.78 is 8.16. The molecule has 2 heterocycles. The number of hydrogen-bond donors (Lipinski definition) is 1. The van der Waals surface area contributed by atoms with Crippen molar-refractivity contribution in [2.75, 3.05) is 13.7 Å². The van der Waals surface area contributed by atoms with Gasteiger partial charge in [0.25, 0.3) is 0 Å². The van der Waals surface area contributed by atoms with E-state index >= 15 is 0 Å². The summed E-state index contributed by atoms with van der Waals surface area (Å²) in [6.07, 6.45) is 2.22. The Kier molecular flexibility index (Phi) is 4.50. The number of ether oxygens (including phenoxy) is 1. The van der Waals surface area contributed by atoms with Crippen LogP contribution >= 0.6 is 43.2 Å². The lowest BCUT2D eigenvalue weighted by Crippen LogP contribution is -2.20. The Morgan fingerprint density at radius 1 is 1.35 bits per heavy atom. The Bertz CT molecular complexity index is 607. The van der Waals surface area contributed by atoms with Gasteiger partial charge in [-0.1, -0.05) is 18.2 Å². The zero-order valence-electron chi connectivity index (χ0n) is 11.1. The monoisotopic (exact) mass is 415 g/mol. The third kappa shape index (κ3) is 2.69. The molecule has 1 aliphatic heterocycles. The molecule has 2 nitrogen and oxygen atoms in total. The Labute approximate surface area is 139 Å². The van der Waals surface area contributed by atoms with Crippen LogP contribution in [0.25, 0.3) is 0 Å². The molecule has 0 saturated heterocycles. The molecule has 1 aliphatic rings. The second kappa shape index (κ2) is 6.18. The van der Waals surface area contributed by atoms with Crippen LogP contribution in [0.15, 0.2) is 32.5 Å². The second-order valence-electron chi connectivity index (χ2n) is 4.78. The Morgan fingerprint density at radius 3 is 2.90 bits per heavy atom. The standard InChI is InChI=1S/C15H15Br2NOS/c1-18-13(12-8-11(16)15(17)20-12)10-6-2-4-9-5-3-7-19-14(9)10/h2,4,6,8,13,18H,3,5,7H2,1H3. The van der Waals surface area contributed by atoms with Gasteiger partial charge in [-0.05, 0) is 63.4 Å². The van der Waals surface area contributed by atoms with E-state index in [0.717, 1.165) is 33.5 Å². The molecule has 5 heteroatoms. The molecule has 0 fully saturated rings. The summed E-state index contributed by atoms with van der Waals surface area (Å²) in [5, 5.41) is 3.41. The maximum Gasteiger partial charge on any atom is 0.127 e. The van der Waals surface area contributed by atoms with Crippen molar-refractivity contribution >= 4 is 43.2 Å². The van der Waals surface area contributed by atoms with Gasteiger partial charge in [-0.2, -0.15) is 0 Å². The lowest BCUT2D eigenvalue weighted by Gasteiger charge is -2.24. The number of nitrogens with one attached hydrogen (secondary N) is 1. The molecule has 106 valence electrons. The van der Waals surface area contributed by atoms with Gasteiger partial charge < -0.3 is 10.1 Å². The van der Waals surface area contributed by atoms with Crippen LogP contribution in [0.4, 0.5) is 0 Å². The predicted octanol–water partition coefficient (Wildman–Crippen LogP) is 4.91. The van der Waals surface area contributed by atoms with Gasteiger partial charge >= 0.3 is 0 Å². The summed E-state index contributed by atoms with van der Waals surface area (Å²) in [5.74, 6) is 1.07. The summed E-state index contributed by atoms with van der Waals surface area (Å²) in [6, 6.07) is 8.79. The molecular weight excluding hydrogens is 402 g/mol. The van der Waals surface area contributed by atoms with Crippen molar-refractivity contribution in [3.63, 3.8) is 0 Å². The normalized spacial score (nSPS) is 15.6. The predicted molar refractivity (Wildman–Crippen MR) is 90.9 cm³/mol. The van der Waals surface area contributed by atoms with E-state index in [1.54, 1.807) is 11.3 Å². The highest BCUT2D eigenvalue weighted by molar-refractivity contribution is 9.13. The fourth-order valence-corrected chi connectivity index (χ4v) is 4.82. The van der Waals surface area contributed by atoms with Crippen LogP contribution in [0.5, 0.6) is 5.75 Å². The zero-order chi connectivity index (χ0) is 14.1. The number of para-hydroxylation sites is 1. The maximum absolute atomic E-state index is 5.94. The number of benzene rings is 1. The fraction of sp³-hybridized carbons (Fsp3) is 0.333. The highest BCUT2D eigenvalue weighted by Crippen LogP contribution is 2.41. The average Bonchev–Trinajstić information content (AvgIpc) is 2.79. The molecular formula is C15H15Br2NOS. The summed E-state index contributed by atoms with van der Waals surface area (Å²) in [5.41, 5.74) is 2.55. The number of fused-ring (bicyclic) bond motifs is 1. The van der Waals surface area contributed by atoms with Crippen molar-refractivity contribution in [2.45, 2.75) is 18.9 Å². The smallest absolute Gasteiger partial charge is 0.127 e. The Hall–Kier alpha value is -0.360. The van der Waals surface area contributed by atoms with Gasteiger partial charge in [0.05, 0.1) is 16.4 Å². The van der Waals surface area contributed by atoms with E-state index in [1.807, 2.05) is 7.05 Å². The lowest BCUT2D eigenvalue weighted by atomic mass is 9.97. The van der Waals surface area contributed by atoms with Crippen molar-refractivity contribution in [2.24, 2.45) is 0 Å². The van der Waals surface area contributed by atoms with Crippen molar-refractivity contribution in [1.29, 1.82) is 0 Å². The minimum Gasteiger partial charge on any atom is -0.493 e. The molecule has 3 rings (SSSR count). The quantitative estimate of drug-likeness (QED) is 0.767. The average molecular weight is 417 g/mol. The van der Waals surface area contributed by atoms with Gasteiger partial charge in [0, 0.05) is 14.9 Å². The van der Waals surface area contributed by atoms with Gasteiger partial charge in [-0.3, -0.25) is 0 Å². The van der Waals surface area contributed by atoms with Crippen molar-refractivity contribution in [1.82, 2.24) is 5.32 Å². The largest absolute Gasteiger partial charge is 0.493 e. The topological polar surface area (TPSA) is 21.3 Å². The minimum absolute atomic E-state index is 0.163. The van der Waals surface area contributed by atoms with Crippen LogP contribution in [-0.4, -0.2) is 13.7 Å². The second-order valence-corrected chi connectivity index (χ2v) is 8.04. The molecule has 0 aliphatic carbocycles. The first kappa shape index (κ1) is 14.6. The van der Waals surface area contributed by atoms with Crippen LogP contribution in [0.2, 0.25) is 0 Å². The Morgan fingerprint density at radius 2 is 2.20 bits per heavy atom. The number of rotatable bonds is 3. The SMILES string of the molecule is CNC(c1cc(Br)c(Br)s1)c1cccc2c1OCCC2. The molecule has 0 spiro atoms. The van der Waals surface area contributed by atoms with E-state index in [2.05, 4.69) is 61.4 Å². The molecule has 1 aromatic carbocycles. The summed E-state index contributed by atoms with van der Waals surface area (Å²) in [6.45, 7) is 0.818. The minimum atomic E-state index is 0.163. The van der Waals surface area contributed by atoms with Crippen LogP contribution in [-0.2, 0) is 6.42 Å². The van der Waals surface area contributed by atoms with Gasteiger partial charge in [-0.25, -0.2) is 0 Å². The number of halogens is 2. The highest BCUT2D eigenvalue weighted by Gasteiger charge is 2.23. The number of aryl methyl sites for hydroxylation is 1. The van der Waals surface area contributed by atoms with Crippen LogP contribution in [0.1, 0.15) is 28.5 Å². The molecule has 0 bridgehead atoms. The lowest BCUT2D eigenvalue weighted by molar-refractivity contribution is 0.283. The van der Waals surface area contributed by atoms with Gasteiger partial charge in [0.2, 0.25) is 0 Å². The first-order valence-corrected chi connectivity index (χ1v) is 8.97. The van der Waals surface area contributed by atoms with Crippen molar-refractivity contribution < 1.29 is 4.74 Å². The van der Waals surface area contributed by atoms with E-state index in [0.29, 0.717) is 0 Å². The van der Waals surface area contributed by atoms with Gasteiger partial charge in [-0.15, -0.1) is 11.3 Å². The summed E-state index contributed by atoms with van der Waals surface area (Å²) in [7, 11) is 1.99. The van der Waals surface area contributed by atoms with E-state index in [1.165, 1.54) is 16.0 Å². The van der Waals surface area contributed by atoms with Crippen LogP contribution in [0.3, 0.4) is 0 Å². The molecule has 1 atom stereocenters. The number of thiophene rings is 1. The molecule has 1 aromatic heterocycles. The molecule has 0 amide bonds. The fourth-order valence-electron chi connectivity index (χ4n) is 2.60. The van der Waals surface area contributed by atoms with E-state index in [4.69, 9.17) is 4.74 Å². The molecule has 1 unspecified atom stereocenters. The van der Waals surface area contributed by atoms with Crippen LogP contribution < -0.4 is 10.1 Å². The first-order chi connectivity index (χ1) is 9.70. The summed E-state index contributed by atoms with van der Waals surface area (Å²) in [4.78, 5) is 1.27. The first-order valence-electron chi connectivity index (χ1n) is 6.57. The summed E-state index contributed by atoms with van der Waals surface area (Å²) >= 11 is 8.88. The van der Waals surface area contributed by atoms with E-state index in [-0.39, 0.29) is 6.04 Å². The highest BCUT2D eigenvalue weighted by atomic mass is 79.9. The van der Waals surface area contributed by atoms with Crippen molar-refractivity contribution in [3.05, 3.63) is 48.5 Å². The third-order valence-corrected chi connectivity index (χ3v) is 6.83. The molecule has 0 saturated carbocycles. The van der Waals surface area contributed by atoms with Gasteiger partial charge in [0.1, 0.15) is 5.75 Å². The van der Waals surface area contributed by atoms with E-state index < -0.39 is 0 Å².